The molecule has 1 aromatic rings. The number of carbonyl (C=O) groups is 1. The van der Waals surface area contributed by atoms with E-state index in [9.17, 15) is 18.3 Å². The van der Waals surface area contributed by atoms with Crippen molar-refractivity contribution in [1.82, 2.24) is 0 Å². The Morgan fingerprint density at radius 3 is 2.55 bits per heavy atom. The maximum Gasteiger partial charge on any atom is 0.298 e. The Morgan fingerprint density at radius 2 is 2.00 bits per heavy atom. The van der Waals surface area contributed by atoms with Crippen LogP contribution in [0.2, 0.25) is 0 Å². The second-order valence-corrected chi connectivity index (χ2v) is 5.56. The Bertz CT molecular complexity index is 729. The number of methoxy groups -OCH3 is 1. The van der Waals surface area contributed by atoms with Gasteiger partial charge in [-0.05, 0) is 6.07 Å². The van der Waals surface area contributed by atoms with Gasteiger partial charge in [0.2, 0.25) is 0 Å². The average molecular weight is 324 g/mol. The van der Waals surface area contributed by atoms with Gasteiger partial charge in [-0.3, -0.25) is 9.35 Å². The van der Waals surface area contributed by atoms with E-state index in [0.29, 0.717) is 0 Å². The van der Waals surface area contributed by atoms with E-state index in [-0.39, 0.29) is 17.7 Å². The zero-order chi connectivity index (χ0) is 16.8. The van der Waals surface area contributed by atoms with E-state index in [4.69, 9.17) is 9.29 Å². The molecule has 0 aromatic heterocycles. The van der Waals surface area contributed by atoms with Gasteiger partial charge in [0, 0.05) is 12.5 Å². The van der Waals surface area contributed by atoms with Gasteiger partial charge in [-0.15, -0.1) is 0 Å². The van der Waals surface area contributed by atoms with Gasteiger partial charge in [0.25, 0.3) is 10.1 Å². The molecule has 0 spiro atoms. The Labute approximate surface area is 128 Å². The highest BCUT2D eigenvalue weighted by Gasteiger charge is 2.22. The van der Waals surface area contributed by atoms with Crippen molar-refractivity contribution in [3.05, 3.63) is 54.7 Å². The molecule has 0 radical (unpaired) electrons. The smallest absolute Gasteiger partial charge is 0.298 e. The lowest BCUT2D eigenvalue weighted by Gasteiger charge is -2.09. The lowest BCUT2D eigenvalue weighted by atomic mass is 10.1. The van der Waals surface area contributed by atoms with Crippen molar-refractivity contribution in [2.75, 3.05) is 7.11 Å². The van der Waals surface area contributed by atoms with Crippen molar-refractivity contribution in [3.8, 4) is 11.5 Å². The summed E-state index contributed by atoms with van der Waals surface area (Å²) >= 11 is 0. The minimum atomic E-state index is -4.58. The van der Waals surface area contributed by atoms with Crippen LogP contribution in [0.5, 0.6) is 11.5 Å². The highest BCUT2D eigenvalue weighted by atomic mass is 32.2. The average Bonchev–Trinajstić information content (AvgIpc) is 2.45. The maximum atomic E-state index is 12.0. The van der Waals surface area contributed by atoms with Crippen molar-refractivity contribution in [2.45, 2.75) is 11.3 Å². The maximum absolute atomic E-state index is 12.0. The third-order valence-electron chi connectivity index (χ3n) is 2.66. The fourth-order valence-electron chi connectivity index (χ4n) is 1.64. The van der Waals surface area contributed by atoms with Gasteiger partial charge in [0.1, 0.15) is 16.4 Å². The molecule has 0 fully saturated rings. The van der Waals surface area contributed by atoms with Crippen molar-refractivity contribution in [2.24, 2.45) is 0 Å². The van der Waals surface area contributed by atoms with Crippen molar-refractivity contribution < 1.29 is 27.6 Å². The molecule has 0 aliphatic carbocycles. The van der Waals surface area contributed by atoms with Crippen LogP contribution in [0, 0.1) is 0 Å². The predicted octanol–water partition coefficient (Wildman–Crippen LogP) is 2.52. The Hall–Kier alpha value is -2.38. The molecule has 6 nitrogen and oxygen atoms in total. The first-order valence-electron chi connectivity index (χ1n) is 6.17. The quantitative estimate of drug-likeness (QED) is 0.454. The zero-order valence-corrected chi connectivity index (χ0v) is 12.7. The molecule has 0 aliphatic heterocycles. The summed E-state index contributed by atoms with van der Waals surface area (Å²) in [5, 5.41) is 9.80. The van der Waals surface area contributed by atoms with Crippen LogP contribution >= 0.6 is 0 Å². The van der Waals surface area contributed by atoms with Gasteiger partial charge in [-0.1, -0.05) is 37.0 Å². The highest BCUT2D eigenvalue weighted by Crippen LogP contribution is 2.32. The molecule has 0 unspecified atom stereocenters. The number of hydrogen-bond donors (Lipinski definition) is 2. The van der Waals surface area contributed by atoms with Crippen LogP contribution in [-0.4, -0.2) is 31.0 Å². The van der Waals surface area contributed by atoms with E-state index in [1.54, 1.807) is 30.4 Å². The fourth-order valence-corrected chi connectivity index (χ4v) is 2.30. The largest absolute Gasteiger partial charge is 0.507 e. The number of allylic oxidation sites excluding steroid dienone is 5. The highest BCUT2D eigenvalue weighted by molar-refractivity contribution is 7.86. The summed E-state index contributed by atoms with van der Waals surface area (Å²) in [6.07, 6.45) is 8.01. The van der Waals surface area contributed by atoms with E-state index < -0.39 is 26.5 Å². The number of ether oxygens (including phenoxy) is 1. The van der Waals surface area contributed by atoms with Crippen LogP contribution < -0.4 is 4.74 Å². The lowest BCUT2D eigenvalue weighted by Crippen LogP contribution is -2.05. The number of carbonyl (C=O) groups excluding carboxylic acids is 1. The van der Waals surface area contributed by atoms with Crippen LogP contribution in [0.4, 0.5) is 0 Å². The number of rotatable bonds is 7. The van der Waals surface area contributed by atoms with Gasteiger partial charge >= 0.3 is 0 Å². The van der Waals surface area contributed by atoms with Crippen LogP contribution in [0.3, 0.4) is 0 Å². The van der Waals surface area contributed by atoms with Gasteiger partial charge in [0.15, 0.2) is 5.78 Å². The molecule has 0 saturated heterocycles. The first-order valence-corrected chi connectivity index (χ1v) is 7.61. The molecule has 0 amide bonds. The second kappa shape index (κ2) is 7.58. The summed E-state index contributed by atoms with van der Waals surface area (Å²) < 4.78 is 36.5. The molecule has 1 rings (SSSR count). The second-order valence-electron chi connectivity index (χ2n) is 4.17. The van der Waals surface area contributed by atoms with Crippen LogP contribution in [0.1, 0.15) is 16.8 Å². The summed E-state index contributed by atoms with van der Waals surface area (Å²) in [5.41, 5.74) is -0.217. The molecular weight excluding hydrogens is 308 g/mol. The first kappa shape index (κ1) is 17.7. The Kier molecular flexibility index (Phi) is 6.09. The molecule has 0 heterocycles. The number of hydrogen-bond acceptors (Lipinski definition) is 5. The van der Waals surface area contributed by atoms with E-state index in [1.807, 2.05) is 0 Å². The molecule has 0 aliphatic rings. The van der Waals surface area contributed by atoms with Gasteiger partial charge in [0.05, 0.1) is 12.7 Å². The van der Waals surface area contributed by atoms with Gasteiger partial charge < -0.3 is 9.84 Å². The molecule has 7 heteroatoms. The lowest BCUT2D eigenvalue weighted by molar-refractivity contribution is 0.0993. The van der Waals surface area contributed by atoms with E-state index >= 15 is 0 Å². The van der Waals surface area contributed by atoms with Gasteiger partial charge in [-0.2, -0.15) is 8.42 Å². The molecular formula is C15H16O6S. The molecule has 0 bridgehead atoms. The van der Waals surface area contributed by atoms with Crippen molar-refractivity contribution >= 4 is 15.9 Å². The number of Topliss-reactive ketones (excluding diaryl/α,β-unsaturated/α-hetero) is 1. The molecule has 118 valence electrons. The Morgan fingerprint density at radius 1 is 1.32 bits per heavy atom. The third kappa shape index (κ3) is 4.57. The van der Waals surface area contributed by atoms with Crippen LogP contribution in [-0.2, 0) is 10.1 Å². The summed E-state index contributed by atoms with van der Waals surface area (Å²) in [4.78, 5) is 11.4. The normalized spacial score (nSPS) is 11.9. The zero-order valence-electron chi connectivity index (χ0n) is 11.9. The minimum Gasteiger partial charge on any atom is -0.507 e. The van der Waals surface area contributed by atoms with E-state index in [2.05, 4.69) is 6.58 Å². The summed E-state index contributed by atoms with van der Waals surface area (Å²) in [6.45, 7) is 3.49. The summed E-state index contributed by atoms with van der Waals surface area (Å²) in [6, 6.07) is 1.86. The molecule has 0 saturated carbocycles. The number of phenols is 1. The Balaban J connectivity index is 3.14. The fraction of sp³-hybridized carbons (Fsp3) is 0.133. The predicted molar refractivity (Wildman–Crippen MR) is 81.9 cm³/mol. The molecule has 0 atom stereocenters. The number of phenolic OH excluding ortho intramolecular Hbond substituents is 1. The van der Waals surface area contributed by atoms with E-state index in [0.717, 1.165) is 12.1 Å². The topological polar surface area (TPSA) is 101 Å². The van der Waals surface area contributed by atoms with Crippen molar-refractivity contribution in [1.29, 1.82) is 0 Å². The SMILES string of the molecule is C=C/C=C\C=C/CC(=O)c1cc(S(=O)(=O)O)c(OC)cc1O. The van der Waals surface area contributed by atoms with E-state index in [1.165, 1.54) is 7.11 Å². The summed E-state index contributed by atoms with van der Waals surface area (Å²) in [7, 11) is -3.40. The number of ketones is 1. The third-order valence-corrected chi connectivity index (χ3v) is 3.53. The first-order chi connectivity index (χ1) is 10.3. The number of benzene rings is 1. The molecule has 2 N–H and O–H groups in total. The van der Waals surface area contributed by atoms with Crippen LogP contribution in [0.15, 0.2) is 54.0 Å². The molecule has 22 heavy (non-hydrogen) atoms. The molecule has 1 aromatic carbocycles. The van der Waals surface area contributed by atoms with Crippen molar-refractivity contribution in [3.63, 3.8) is 0 Å². The monoisotopic (exact) mass is 324 g/mol. The standard InChI is InChI=1S/C15H16O6S/c1-3-4-5-6-7-8-12(16)11-9-15(22(18,19)20)14(21-2)10-13(11)17/h3-7,9-10,17H,1,8H2,2H3,(H,18,19,20)/b5-4-,7-6-. The number of aromatic hydroxyl groups is 1. The van der Waals surface area contributed by atoms with Gasteiger partial charge in [-0.25, -0.2) is 0 Å². The summed E-state index contributed by atoms with van der Waals surface area (Å²) in [5.74, 6) is -1.18. The van der Waals surface area contributed by atoms with Crippen LogP contribution in [0.25, 0.3) is 0 Å². The minimum absolute atomic E-state index is 0.0493.